The summed E-state index contributed by atoms with van der Waals surface area (Å²) >= 11 is 0. The van der Waals surface area contributed by atoms with Crippen LogP contribution in [0.4, 0.5) is 9.18 Å². The van der Waals surface area contributed by atoms with E-state index in [2.05, 4.69) is 5.32 Å². The third kappa shape index (κ3) is 4.57. The van der Waals surface area contributed by atoms with Gasteiger partial charge in [0.2, 0.25) is 0 Å². The fourth-order valence-electron chi connectivity index (χ4n) is 2.76. The van der Waals surface area contributed by atoms with Crippen LogP contribution in [0.1, 0.15) is 18.1 Å². The second-order valence-corrected chi connectivity index (χ2v) is 6.50. The predicted molar refractivity (Wildman–Crippen MR) is 102 cm³/mol. The Balaban J connectivity index is 1.79. The largest absolute Gasteiger partial charge is 0.546 e. The highest BCUT2D eigenvalue weighted by molar-refractivity contribution is 6.13. The number of nitrogens with one attached hydrogen (secondary N) is 1. The van der Waals surface area contributed by atoms with Crippen LogP contribution >= 0.6 is 0 Å². The van der Waals surface area contributed by atoms with Gasteiger partial charge in [-0.15, -0.1) is 0 Å². The number of urea groups is 1. The first-order chi connectivity index (χ1) is 14.3. The molecule has 1 fully saturated rings. The number of benzene rings is 2. The van der Waals surface area contributed by atoms with Crippen LogP contribution in [-0.4, -0.2) is 36.0 Å². The second kappa shape index (κ2) is 8.64. The second-order valence-electron chi connectivity index (χ2n) is 6.50. The van der Waals surface area contributed by atoms with E-state index in [9.17, 15) is 23.9 Å². The molecule has 156 valence electrons. The zero-order chi connectivity index (χ0) is 21.8. The van der Waals surface area contributed by atoms with Gasteiger partial charge < -0.3 is 24.7 Å². The van der Waals surface area contributed by atoms with Gasteiger partial charge in [0, 0.05) is 0 Å². The molecular weight excluding hydrogens is 395 g/mol. The number of carboxylic acid groups (broad SMARTS) is 1. The van der Waals surface area contributed by atoms with Crippen molar-refractivity contribution in [3.63, 3.8) is 0 Å². The molecule has 8 nitrogen and oxygen atoms in total. The molecule has 0 bridgehead atoms. The molecule has 0 aromatic heterocycles. The summed E-state index contributed by atoms with van der Waals surface area (Å²) in [6, 6.07) is 9.50. The molecule has 0 aliphatic carbocycles. The summed E-state index contributed by atoms with van der Waals surface area (Å²) in [5, 5.41) is 13.4. The first kappa shape index (κ1) is 20.8. The van der Waals surface area contributed by atoms with Crippen molar-refractivity contribution < 1.29 is 33.4 Å². The van der Waals surface area contributed by atoms with E-state index in [0.29, 0.717) is 11.1 Å². The molecule has 30 heavy (non-hydrogen) atoms. The first-order valence-corrected chi connectivity index (χ1v) is 8.93. The average Bonchev–Trinajstić information content (AvgIpc) is 2.97. The summed E-state index contributed by atoms with van der Waals surface area (Å²) in [4.78, 5) is 36.7. The Hall–Kier alpha value is -3.88. The van der Waals surface area contributed by atoms with Gasteiger partial charge in [0.15, 0.2) is 11.5 Å². The monoisotopic (exact) mass is 413 g/mol. The minimum absolute atomic E-state index is 0.000498. The Bertz CT molecular complexity index is 1020. The third-order valence-corrected chi connectivity index (χ3v) is 4.35. The molecule has 1 N–H and O–H groups in total. The number of hydrogen-bond donors (Lipinski definition) is 1. The van der Waals surface area contributed by atoms with Crippen molar-refractivity contribution in [2.45, 2.75) is 19.6 Å². The highest BCUT2D eigenvalue weighted by atomic mass is 19.1. The Morgan fingerprint density at radius 1 is 1.20 bits per heavy atom. The van der Waals surface area contributed by atoms with Gasteiger partial charge in [-0.25, -0.2) is 9.18 Å². The topological polar surface area (TPSA) is 108 Å². The summed E-state index contributed by atoms with van der Waals surface area (Å²) in [5.74, 6) is -1.88. The number of carbonyl (C=O) groups is 3. The summed E-state index contributed by atoms with van der Waals surface area (Å²) in [6.45, 7) is 1.33. The summed E-state index contributed by atoms with van der Waals surface area (Å²) < 4.78 is 23.5. The molecule has 0 radical (unpaired) electrons. The average molecular weight is 413 g/mol. The van der Waals surface area contributed by atoms with E-state index < -0.39 is 29.8 Å². The standard InChI is InChI=1S/C21H19FN2O6/c1-12(20(26)27)30-17-8-5-14(10-18(17)29-2)9-16-19(25)24(21(28)23-16)11-13-3-6-15(22)7-4-13/h3-10,12H,11H2,1-2H3,(H,23,28)(H,26,27)/p-1/b16-9-/t12-/m0/s1. The predicted octanol–water partition coefficient (Wildman–Crippen LogP) is 1.44. The highest BCUT2D eigenvalue weighted by Crippen LogP contribution is 2.30. The maximum atomic E-state index is 13.0. The Morgan fingerprint density at radius 2 is 1.90 bits per heavy atom. The number of carboxylic acids is 1. The minimum atomic E-state index is -1.37. The van der Waals surface area contributed by atoms with E-state index in [1.807, 2.05) is 0 Å². The normalized spacial score (nSPS) is 15.8. The highest BCUT2D eigenvalue weighted by Gasteiger charge is 2.33. The van der Waals surface area contributed by atoms with Crippen molar-refractivity contribution in [3.8, 4) is 11.5 Å². The van der Waals surface area contributed by atoms with E-state index >= 15 is 0 Å². The molecule has 1 saturated heterocycles. The first-order valence-electron chi connectivity index (χ1n) is 8.93. The van der Waals surface area contributed by atoms with Crippen molar-refractivity contribution >= 4 is 24.0 Å². The van der Waals surface area contributed by atoms with Crippen LogP contribution < -0.4 is 19.9 Å². The van der Waals surface area contributed by atoms with Crippen molar-refractivity contribution in [2.24, 2.45) is 0 Å². The fraction of sp³-hybridized carbons (Fsp3) is 0.190. The van der Waals surface area contributed by atoms with Crippen LogP contribution in [0.25, 0.3) is 6.08 Å². The number of nitrogens with zero attached hydrogens (tertiary/aromatic N) is 1. The summed E-state index contributed by atoms with van der Waals surface area (Å²) in [5.41, 5.74) is 1.18. The molecule has 1 aliphatic heterocycles. The number of hydrogen-bond acceptors (Lipinski definition) is 6. The number of aliphatic carboxylic acids is 1. The third-order valence-electron chi connectivity index (χ3n) is 4.35. The van der Waals surface area contributed by atoms with Crippen LogP contribution in [0, 0.1) is 5.82 Å². The lowest BCUT2D eigenvalue weighted by molar-refractivity contribution is -0.312. The van der Waals surface area contributed by atoms with Gasteiger partial charge in [-0.3, -0.25) is 9.69 Å². The molecule has 1 heterocycles. The SMILES string of the molecule is COc1cc(/C=C2\NC(=O)N(Cc3ccc(F)cc3)C2=O)ccc1O[C@@H](C)C(=O)[O-]. The van der Waals surface area contributed by atoms with Crippen molar-refractivity contribution in [3.05, 3.63) is 65.1 Å². The molecular formula is C21H18FN2O6-. The van der Waals surface area contributed by atoms with Gasteiger partial charge in [0.25, 0.3) is 5.91 Å². The lowest BCUT2D eigenvalue weighted by atomic mass is 10.1. The zero-order valence-electron chi connectivity index (χ0n) is 16.2. The maximum Gasteiger partial charge on any atom is 0.329 e. The van der Waals surface area contributed by atoms with Crippen molar-refractivity contribution in [1.29, 1.82) is 0 Å². The van der Waals surface area contributed by atoms with Crippen LogP contribution in [0.15, 0.2) is 48.2 Å². The molecule has 1 aliphatic rings. The maximum absolute atomic E-state index is 13.0. The van der Waals surface area contributed by atoms with Gasteiger partial charge >= 0.3 is 6.03 Å². The Labute approximate surface area is 171 Å². The Morgan fingerprint density at radius 3 is 2.53 bits per heavy atom. The molecule has 2 aromatic carbocycles. The van der Waals surface area contributed by atoms with Crippen molar-refractivity contribution in [2.75, 3.05) is 7.11 Å². The number of carbonyl (C=O) groups excluding carboxylic acids is 3. The molecule has 3 amide bonds. The molecule has 0 saturated carbocycles. The number of methoxy groups -OCH3 is 1. The summed E-state index contributed by atoms with van der Waals surface area (Å²) in [7, 11) is 1.38. The molecule has 9 heteroatoms. The van der Waals surface area contributed by atoms with E-state index in [1.54, 1.807) is 6.07 Å². The van der Waals surface area contributed by atoms with Crippen LogP contribution in [0.2, 0.25) is 0 Å². The van der Waals surface area contributed by atoms with Gasteiger partial charge in [-0.05, 0) is 48.4 Å². The van der Waals surface area contributed by atoms with Gasteiger partial charge in [0.05, 0.1) is 19.6 Å². The van der Waals surface area contributed by atoms with E-state index in [0.717, 1.165) is 4.90 Å². The molecule has 0 unspecified atom stereocenters. The van der Waals surface area contributed by atoms with Gasteiger partial charge in [0.1, 0.15) is 17.6 Å². The van der Waals surface area contributed by atoms with E-state index in [4.69, 9.17) is 9.47 Å². The van der Waals surface area contributed by atoms with Crippen LogP contribution in [-0.2, 0) is 16.1 Å². The minimum Gasteiger partial charge on any atom is -0.546 e. The fourth-order valence-corrected chi connectivity index (χ4v) is 2.76. The molecule has 1 atom stereocenters. The number of halogens is 1. The smallest absolute Gasteiger partial charge is 0.329 e. The number of imide groups is 1. The van der Waals surface area contributed by atoms with Gasteiger partial charge in [-0.1, -0.05) is 18.2 Å². The van der Waals surface area contributed by atoms with Crippen LogP contribution in [0.3, 0.4) is 0 Å². The molecule has 3 rings (SSSR count). The zero-order valence-corrected chi connectivity index (χ0v) is 16.2. The number of ether oxygens (including phenoxy) is 2. The summed E-state index contributed by atoms with van der Waals surface area (Å²) in [6.07, 6.45) is 0.276. The van der Waals surface area contributed by atoms with Gasteiger partial charge in [-0.2, -0.15) is 0 Å². The number of amides is 3. The molecule has 2 aromatic rings. The lowest BCUT2D eigenvalue weighted by Crippen LogP contribution is -2.37. The van der Waals surface area contributed by atoms with E-state index in [1.165, 1.54) is 56.5 Å². The van der Waals surface area contributed by atoms with Crippen LogP contribution in [0.5, 0.6) is 11.5 Å². The quantitative estimate of drug-likeness (QED) is 0.544. The Kier molecular flexibility index (Phi) is 6.01. The van der Waals surface area contributed by atoms with E-state index in [-0.39, 0.29) is 23.7 Å². The van der Waals surface area contributed by atoms with Crippen molar-refractivity contribution in [1.82, 2.24) is 10.2 Å². The number of rotatable bonds is 7. The molecule has 0 spiro atoms. The lowest BCUT2D eigenvalue weighted by Gasteiger charge is -2.17.